The molecule has 0 aliphatic rings. The normalized spacial score (nSPS) is 11.3. The lowest BCUT2D eigenvalue weighted by molar-refractivity contribution is 1.32. The fraction of sp³-hybridized carbons (Fsp3) is 0. The first-order chi connectivity index (χ1) is 15.8. The summed E-state index contributed by atoms with van der Waals surface area (Å²) >= 11 is 8.23. The number of halogens is 1. The van der Waals surface area contributed by atoms with Gasteiger partial charge in [-0.15, -0.1) is 11.3 Å². The molecule has 0 atom stereocenters. The average molecular weight is 448 g/mol. The van der Waals surface area contributed by atoms with E-state index in [1.807, 2.05) is 35.6 Å². The van der Waals surface area contributed by atoms with Gasteiger partial charge in [-0.3, -0.25) is 0 Å². The van der Waals surface area contributed by atoms with Gasteiger partial charge in [0.05, 0.1) is 5.69 Å². The van der Waals surface area contributed by atoms with E-state index >= 15 is 0 Å². The summed E-state index contributed by atoms with van der Waals surface area (Å²) in [7, 11) is 0. The minimum absolute atomic E-state index is 0.500. The molecule has 6 aromatic rings. The number of hydrogen-bond donors (Lipinski definition) is 0. The van der Waals surface area contributed by atoms with Gasteiger partial charge in [0.15, 0.2) is 0 Å². The van der Waals surface area contributed by atoms with Crippen LogP contribution in [0.4, 0.5) is 0 Å². The van der Waals surface area contributed by atoms with Crippen molar-refractivity contribution in [2.45, 2.75) is 0 Å². The van der Waals surface area contributed by atoms with E-state index in [0.29, 0.717) is 5.15 Å². The molecule has 0 N–H and O–H groups in total. The highest BCUT2D eigenvalue weighted by atomic mass is 35.5. The van der Waals surface area contributed by atoms with Gasteiger partial charge in [-0.05, 0) is 40.5 Å². The van der Waals surface area contributed by atoms with Crippen molar-refractivity contribution in [3.63, 3.8) is 0 Å². The molecule has 0 radical (unpaired) electrons. The molecule has 0 fully saturated rings. The number of benzene rings is 4. The lowest BCUT2D eigenvalue weighted by Gasteiger charge is -2.08. The van der Waals surface area contributed by atoms with Gasteiger partial charge in [-0.1, -0.05) is 103 Å². The third-order valence-electron chi connectivity index (χ3n) is 5.80. The van der Waals surface area contributed by atoms with E-state index in [9.17, 15) is 0 Å². The molecule has 4 aromatic carbocycles. The molecule has 0 amide bonds. The van der Waals surface area contributed by atoms with Crippen LogP contribution in [0.2, 0.25) is 5.15 Å². The van der Waals surface area contributed by atoms with Gasteiger partial charge < -0.3 is 0 Å². The Hall–Kier alpha value is -3.46. The van der Waals surface area contributed by atoms with Crippen molar-refractivity contribution in [1.29, 1.82) is 0 Å². The first-order valence-corrected chi connectivity index (χ1v) is 11.7. The Morgan fingerprint density at radius 2 is 1.28 bits per heavy atom. The molecule has 0 saturated carbocycles. The summed E-state index contributed by atoms with van der Waals surface area (Å²) in [5.74, 6) is 0. The highest BCUT2D eigenvalue weighted by Crippen LogP contribution is 2.40. The molecule has 152 valence electrons. The zero-order chi connectivity index (χ0) is 21.5. The number of rotatable bonds is 3. The Morgan fingerprint density at radius 1 is 0.562 bits per heavy atom. The Labute approximate surface area is 195 Å². The molecular formula is C29H18ClNS. The summed E-state index contributed by atoms with van der Waals surface area (Å²) in [6.07, 6.45) is 0. The largest absolute Gasteiger partial charge is 0.236 e. The molecule has 0 spiro atoms. The van der Waals surface area contributed by atoms with Crippen LogP contribution in [-0.4, -0.2) is 4.98 Å². The lowest BCUT2D eigenvalue weighted by atomic mass is 9.99. The van der Waals surface area contributed by atoms with Gasteiger partial charge in [0.25, 0.3) is 0 Å². The molecule has 3 heteroatoms. The molecule has 2 aromatic heterocycles. The predicted molar refractivity (Wildman–Crippen MR) is 138 cm³/mol. The third-order valence-corrected chi connectivity index (χ3v) is 7.21. The summed E-state index contributed by atoms with van der Waals surface area (Å²) in [5, 5.41) is 3.14. The molecule has 0 unspecified atom stereocenters. The maximum Gasteiger partial charge on any atom is 0.130 e. The van der Waals surface area contributed by atoms with Crippen molar-refractivity contribution < 1.29 is 0 Å². The predicted octanol–water partition coefficient (Wildman–Crippen LogP) is 9.10. The molecule has 6 rings (SSSR count). The highest BCUT2D eigenvalue weighted by molar-refractivity contribution is 7.26. The first-order valence-electron chi connectivity index (χ1n) is 10.5. The summed E-state index contributed by atoms with van der Waals surface area (Å²) in [5.41, 5.74) is 6.60. The van der Waals surface area contributed by atoms with Gasteiger partial charge >= 0.3 is 0 Å². The van der Waals surface area contributed by atoms with Crippen LogP contribution in [-0.2, 0) is 0 Å². The topological polar surface area (TPSA) is 12.9 Å². The molecule has 32 heavy (non-hydrogen) atoms. The van der Waals surface area contributed by atoms with Crippen LogP contribution in [0.5, 0.6) is 0 Å². The van der Waals surface area contributed by atoms with Crippen molar-refractivity contribution in [3.05, 3.63) is 114 Å². The van der Waals surface area contributed by atoms with Gasteiger partial charge in [-0.25, -0.2) is 4.98 Å². The number of pyridine rings is 1. The zero-order valence-corrected chi connectivity index (χ0v) is 18.7. The maximum atomic E-state index is 6.37. The second-order valence-electron chi connectivity index (χ2n) is 7.79. The van der Waals surface area contributed by atoms with E-state index in [1.165, 1.54) is 31.3 Å². The van der Waals surface area contributed by atoms with E-state index in [1.54, 1.807) is 0 Å². The van der Waals surface area contributed by atoms with Crippen LogP contribution in [0.1, 0.15) is 0 Å². The number of aromatic nitrogens is 1. The molecular weight excluding hydrogens is 430 g/mol. The average Bonchev–Trinajstić information content (AvgIpc) is 3.23. The van der Waals surface area contributed by atoms with E-state index in [0.717, 1.165) is 22.4 Å². The fourth-order valence-corrected chi connectivity index (χ4v) is 5.68. The van der Waals surface area contributed by atoms with Crippen LogP contribution in [0.25, 0.3) is 53.7 Å². The molecule has 0 aliphatic carbocycles. The van der Waals surface area contributed by atoms with Gasteiger partial charge in [-0.2, -0.15) is 0 Å². The number of hydrogen-bond acceptors (Lipinski definition) is 2. The van der Waals surface area contributed by atoms with Crippen LogP contribution in [0, 0.1) is 0 Å². The van der Waals surface area contributed by atoms with E-state index in [2.05, 4.69) is 89.9 Å². The van der Waals surface area contributed by atoms with Crippen LogP contribution in [0.15, 0.2) is 109 Å². The number of fused-ring (bicyclic) bond motifs is 3. The second-order valence-corrected chi connectivity index (χ2v) is 9.23. The van der Waals surface area contributed by atoms with Crippen molar-refractivity contribution >= 4 is 43.1 Å². The van der Waals surface area contributed by atoms with Crippen molar-refractivity contribution in [2.75, 3.05) is 0 Å². The first kappa shape index (κ1) is 19.2. The van der Waals surface area contributed by atoms with Gasteiger partial charge in [0, 0.05) is 25.7 Å². The van der Waals surface area contributed by atoms with Gasteiger partial charge in [0.2, 0.25) is 0 Å². The zero-order valence-electron chi connectivity index (χ0n) is 17.1. The Balaban J connectivity index is 1.42. The second kappa shape index (κ2) is 7.90. The van der Waals surface area contributed by atoms with Gasteiger partial charge in [0.1, 0.15) is 5.15 Å². The lowest BCUT2D eigenvalue weighted by Crippen LogP contribution is -1.88. The van der Waals surface area contributed by atoms with Crippen molar-refractivity contribution in [2.24, 2.45) is 0 Å². The maximum absolute atomic E-state index is 6.37. The molecule has 2 heterocycles. The number of thiophene rings is 1. The van der Waals surface area contributed by atoms with Crippen molar-refractivity contribution in [3.8, 4) is 33.5 Å². The molecule has 1 nitrogen and oxygen atoms in total. The Morgan fingerprint density at radius 3 is 2.12 bits per heavy atom. The van der Waals surface area contributed by atoms with E-state index < -0.39 is 0 Å². The molecule has 0 saturated heterocycles. The standard InChI is InChI=1S/C29H18ClNS/c30-28-18-22(19-7-2-1-3-8-19)17-26(31-28)21-15-13-20(14-16-21)23-10-6-11-25-24-9-4-5-12-27(24)32-29(23)25/h1-18H. The smallest absolute Gasteiger partial charge is 0.130 e. The highest BCUT2D eigenvalue weighted by Gasteiger charge is 2.11. The van der Waals surface area contributed by atoms with Crippen LogP contribution >= 0.6 is 22.9 Å². The molecule has 0 bridgehead atoms. The Bertz CT molecular complexity index is 1570. The number of nitrogens with zero attached hydrogens (tertiary/aromatic N) is 1. The van der Waals surface area contributed by atoms with Crippen molar-refractivity contribution in [1.82, 2.24) is 4.98 Å². The van der Waals surface area contributed by atoms with E-state index in [-0.39, 0.29) is 0 Å². The SMILES string of the molecule is Clc1cc(-c2ccccc2)cc(-c2ccc(-c3cccc4c3sc3ccccc34)cc2)n1. The third kappa shape index (κ3) is 3.38. The van der Waals surface area contributed by atoms with E-state index in [4.69, 9.17) is 11.6 Å². The molecule has 0 aliphatic heterocycles. The fourth-order valence-electron chi connectivity index (χ4n) is 4.24. The minimum Gasteiger partial charge on any atom is -0.236 e. The monoisotopic (exact) mass is 447 g/mol. The van der Waals surface area contributed by atoms with Crippen LogP contribution in [0.3, 0.4) is 0 Å². The quantitative estimate of drug-likeness (QED) is 0.246. The van der Waals surface area contributed by atoms with Crippen LogP contribution < -0.4 is 0 Å². The summed E-state index contributed by atoms with van der Waals surface area (Å²) in [6.45, 7) is 0. The summed E-state index contributed by atoms with van der Waals surface area (Å²) in [6, 6.07) is 38.1. The minimum atomic E-state index is 0.500. The Kier molecular flexibility index (Phi) is 4.75. The summed E-state index contributed by atoms with van der Waals surface area (Å²) in [4.78, 5) is 4.58. The summed E-state index contributed by atoms with van der Waals surface area (Å²) < 4.78 is 2.65.